The second-order valence-electron chi connectivity index (χ2n) is 6.43. The second-order valence-corrected chi connectivity index (χ2v) is 7.50. The average Bonchev–Trinajstić information content (AvgIpc) is 3.33. The maximum Gasteiger partial charge on any atom is 0.268 e. The Bertz CT molecular complexity index is 904. The minimum absolute atomic E-state index is 0.164. The first-order valence-electron chi connectivity index (χ1n) is 8.30. The Morgan fingerprint density at radius 2 is 2.12 bits per heavy atom. The number of hydrogen-bond acceptors (Lipinski definition) is 6. The van der Waals surface area contributed by atoms with E-state index in [2.05, 4.69) is 25.4 Å². The molecule has 0 aromatic carbocycles. The quantitative estimate of drug-likeness (QED) is 0.746. The van der Waals surface area contributed by atoms with E-state index >= 15 is 0 Å². The minimum Gasteiger partial charge on any atom is -0.357 e. The number of nitrogens with one attached hydrogen (secondary N) is 2. The number of aryl methyl sites for hydroxylation is 2. The van der Waals surface area contributed by atoms with Crippen molar-refractivity contribution in [2.75, 3.05) is 0 Å². The monoisotopic (exact) mass is 357 g/mol. The Hall–Kier alpha value is -2.48. The lowest BCUT2D eigenvalue weighted by Crippen LogP contribution is -2.44. The zero-order valence-corrected chi connectivity index (χ0v) is 14.9. The Labute approximate surface area is 148 Å². The summed E-state index contributed by atoms with van der Waals surface area (Å²) in [6.45, 7) is 3.72. The molecule has 0 aliphatic heterocycles. The van der Waals surface area contributed by atoms with Gasteiger partial charge in [-0.05, 0) is 25.8 Å². The highest BCUT2D eigenvalue weighted by atomic mass is 32.1. The number of aromatic amines is 1. The van der Waals surface area contributed by atoms with Gasteiger partial charge in [0.1, 0.15) is 11.2 Å². The van der Waals surface area contributed by atoms with Gasteiger partial charge in [0, 0.05) is 24.1 Å². The summed E-state index contributed by atoms with van der Waals surface area (Å²) in [6.07, 6.45) is 5.50. The molecular formula is C17H19N5O2S. The maximum atomic E-state index is 12.8. The van der Waals surface area contributed by atoms with Crippen molar-refractivity contribution in [3.63, 3.8) is 0 Å². The summed E-state index contributed by atoms with van der Waals surface area (Å²) in [5, 5.41) is 10.2. The molecule has 7 nitrogen and oxygen atoms in total. The molecule has 8 heteroatoms. The van der Waals surface area contributed by atoms with E-state index in [1.54, 1.807) is 18.3 Å². The van der Waals surface area contributed by atoms with Crippen molar-refractivity contribution >= 4 is 17.2 Å². The molecule has 0 saturated heterocycles. The van der Waals surface area contributed by atoms with E-state index in [0.29, 0.717) is 17.4 Å². The summed E-state index contributed by atoms with van der Waals surface area (Å²) >= 11 is 1.59. The number of H-pyrrole nitrogens is 1. The van der Waals surface area contributed by atoms with E-state index in [-0.39, 0.29) is 5.91 Å². The topological polar surface area (TPSA) is 96.7 Å². The van der Waals surface area contributed by atoms with Gasteiger partial charge in [0.25, 0.3) is 5.91 Å². The lowest BCUT2D eigenvalue weighted by molar-refractivity contribution is 0.0887. The number of hydrogen-bond donors (Lipinski definition) is 2. The molecule has 2 N–H and O–H groups in total. The van der Waals surface area contributed by atoms with E-state index in [4.69, 9.17) is 4.52 Å². The summed E-state index contributed by atoms with van der Waals surface area (Å²) in [7, 11) is 0. The number of rotatable bonds is 4. The summed E-state index contributed by atoms with van der Waals surface area (Å²) in [4.78, 5) is 24.7. The van der Waals surface area contributed by atoms with Crippen LogP contribution in [0.15, 0.2) is 22.2 Å². The summed E-state index contributed by atoms with van der Waals surface area (Å²) in [5.74, 6) is 0.914. The van der Waals surface area contributed by atoms with Gasteiger partial charge in [0.2, 0.25) is 5.89 Å². The van der Waals surface area contributed by atoms with Crippen LogP contribution in [0.3, 0.4) is 0 Å². The number of carbonyl (C=O) groups excluding carboxylic acids is 1. The van der Waals surface area contributed by atoms with Crippen molar-refractivity contribution in [1.29, 1.82) is 0 Å². The third-order valence-electron chi connectivity index (χ3n) is 4.61. The molecule has 1 fully saturated rings. The Morgan fingerprint density at radius 1 is 1.32 bits per heavy atom. The highest BCUT2D eigenvalue weighted by molar-refractivity contribution is 7.09. The molecule has 0 unspecified atom stereocenters. The molecule has 1 saturated carbocycles. The predicted octanol–water partition coefficient (Wildman–Crippen LogP) is 3.34. The highest BCUT2D eigenvalue weighted by Gasteiger charge is 2.41. The first kappa shape index (κ1) is 16.0. The fraction of sp³-hybridized carbons (Fsp3) is 0.412. The zero-order chi connectivity index (χ0) is 17.4. The molecule has 0 bridgehead atoms. The Kier molecular flexibility index (Phi) is 3.91. The van der Waals surface area contributed by atoms with E-state index in [1.165, 1.54) is 0 Å². The number of aromatic nitrogens is 4. The van der Waals surface area contributed by atoms with Gasteiger partial charge in [0.05, 0.1) is 10.7 Å². The number of thiazole rings is 1. The number of carbonyl (C=O) groups is 1. The SMILES string of the molecule is Cc1nc(C2(NC(=O)c3cc(-c4csc(C)n4)c[nH]3)CCCC2)no1. The van der Waals surface area contributed by atoms with Crippen LogP contribution in [0.5, 0.6) is 0 Å². The minimum atomic E-state index is -0.544. The molecule has 4 rings (SSSR count). The molecular weight excluding hydrogens is 338 g/mol. The van der Waals surface area contributed by atoms with E-state index in [0.717, 1.165) is 41.9 Å². The van der Waals surface area contributed by atoms with Crippen LogP contribution in [0.2, 0.25) is 0 Å². The van der Waals surface area contributed by atoms with Gasteiger partial charge in [-0.15, -0.1) is 11.3 Å². The third kappa shape index (κ3) is 2.97. The summed E-state index contributed by atoms with van der Waals surface area (Å²) < 4.78 is 5.13. The predicted molar refractivity (Wildman–Crippen MR) is 93.3 cm³/mol. The lowest BCUT2D eigenvalue weighted by atomic mass is 9.96. The third-order valence-corrected chi connectivity index (χ3v) is 5.38. The van der Waals surface area contributed by atoms with Gasteiger partial charge < -0.3 is 14.8 Å². The molecule has 0 atom stereocenters. The fourth-order valence-corrected chi connectivity index (χ4v) is 3.95. The van der Waals surface area contributed by atoms with Crippen molar-refractivity contribution in [3.8, 4) is 11.3 Å². The first-order valence-corrected chi connectivity index (χ1v) is 9.18. The van der Waals surface area contributed by atoms with Crippen LogP contribution >= 0.6 is 11.3 Å². The average molecular weight is 357 g/mol. The first-order chi connectivity index (χ1) is 12.1. The van der Waals surface area contributed by atoms with Gasteiger partial charge in [-0.1, -0.05) is 18.0 Å². The van der Waals surface area contributed by atoms with Crippen LogP contribution < -0.4 is 5.32 Å². The van der Waals surface area contributed by atoms with Crippen molar-refractivity contribution in [3.05, 3.63) is 40.1 Å². The fourth-order valence-electron chi connectivity index (χ4n) is 3.33. The zero-order valence-electron chi connectivity index (χ0n) is 14.1. The van der Waals surface area contributed by atoms with Gasteiger partial charge in [-0.3, -0.25) is 4.79 Å². The molecule has 1 aliphatic rings. The van der Waals surface area contributed by atoms with E-state index in [9.17, 15) is 4.79 Å². The summed E-state index contributed by atoms with van der Waals surface area (Å²) in [6, 6.07) is 1.83. The number of nitrogens with zero attached hydrogens (tertiary/aromatic N) is 3. The molecule has 1 aliphatic carbocycles. The van der Waals surface area contributed by atoms with Crippen LogP contribution in [0.4, 0.5) is 0 Å². The van der Waals surface area contributed by atoms with Gasteiger partial charge >= 0.3 is 0 Å². The molecule has 3 aromatic rings. The smallest absolute Gasteiger partial charge is 0.268 e. The molecule has 0 radical (unpaired) electrons. The van der Waals surface area contributed by atoms with Crippen LogP contribution in [0, 0.1) is 13.8 Å². The number of amides is 1. The maximum absolute atomic E-state index is 12.8. The standard InChI is InChI=1S/C17H19N5O2S/c1-10-19-16(22-24-10)17(5-3-4-6-17)21-15(23)13-7-12(8-18-13)14-9-25-11(2)20-14/h7-9,18H,3-6H2,1-2H3,(H,21,23). The van der Waals surface area contributed by atoms with Crippen LogP contribution in [-0.2, 0) is 5.54 Å². The van der Waals surface area contributed by atoms with Crippen molar-refractivity contribution < 1.29 is 9.32 Å². The van der Waals surface area contributed by atoms with E-state index < -0.39 is 5.54 Å². The summed E-state index contributed by atoms with van der Waals surface area (Å²) in [5.41, 5.74) is 1.75. The normalized spacial score (nSPS) is 16.2. The van der Waals surface area contributed by atoms with Crippen molar-refractivity contribution in [2.24, 2.45) is 0 Å². The second kappa shape index (κ2) is 6.11. The van der Waals surface area contributed by atoms with Crippen molar-refractivity contribution in [2.45, 2.75) is 45.1 Å². The van der Waals surface area contributed by atoms with Crippen LogP contribution in [0.1, 0.15) is 52.9 Å². The lowest BCUT2D eigenvalue weighted by Gasteiger charge is -2.26. The molecule has 130 valence electrons. The molecule has 3 heterocycles. The molecule has 1 amide bonds. The van der Waals surface area contributed by atoms with Gasteiger partial charge in [-0.2, -0.15) is 4.98 Å². The molecule has 3 aromatic heterocycles. The van der Waals surface area contributed by atoms with Gasteiger partial charge in [-0.25, -0.2) is 4.98 Å². The van der Waals surface area contributed by atoms with Gasteiger partial charge in [0.15, 0.2) is 5.82 Å². The van der Waals surface area contributed by atoms with E-state index in [1.807, 2.05) is 24.6 Å². The van der Waals surface area contributed by atoms with Crippen molar-refractivity contribution in [1.82, 2.24) is 25.4 Å². The van der Waals surface area contributed by atoms with Crippen LogP contribution in [-0.4, -0.2) is 26.0 Å². The molecule has 0 spiro atoms. The Balaban J connectivity index is 1.57. The largest absolute Gasteiger partial charge is 0.357 e. The van der Waals surface area contributed by atoms with Crippen LogP contribution in [0.25, 0.3) is 11.3 Å². The highest BCUT2D eigenvalue weighted by Crippen LogP contribution is 2.37. The Morgan fingerprint density at radius 3 is 2.76 bits per heavy atom. The molecule has 25 heavy (non-hydrogen) atoms.